The van der Waals surface area contributed by atoms with Crippen LogP contribution in [0.5, 0.6) is 11.5 Å². The number of carboxylic acid groups (broad SMARTS) is 2. The standard InChI is InChI=1S/C63H97N13O19S/c1-33(2)27-44(70-54(85)41(65)21-22-51(83)84)56(87)69-42(11-8-9-24-64)55(86)66-32-50(82)74-53(36(6)78)61(92)72-46(29-37-13-17-39(79)18-14-37)57(88)73-47(30-38-15-19-40(80)20-16-38)62(93)76-25-10-12-48(76)59(90)71-45(28-34(3)4)58(89)75-52(35(5)77)60(91)67-31-49(81)68-43(63(94)95)23-26-96-7/h13-20,33-36,41-48,52-53,77-80H,8-12,21-32,64-65H2,1-7H3,(H,66,86)(H,67,91)(H,68,81)(H,69,87)(H,70,85)(H,71,90)(H,72,92)(H,73,88)(H,74,82)(H,75,89)(H,83,84)(H,94,95)/t35-,36-,41+,42+,43+,44+,45+,46+,47+,48+,52+,53+/m1/s1. The van der Waals surface area contributed by atoms with Crippen molar-refractivity contribution in [2.45, 2.75) is 191 Å². The number of nitrogens with two attached hydrogens (primary N) is 2. The van der Waals surface area contributed by atoms with Gasteiger partial charge in [-0.15, -0.1) is 0 Å². The third-order valence-electron chi connectivity index (χ3n) is 15.3. The highest BCUT2D eigenvalue weighted by Crippen LogP contribution is 2.22. The van der Waals surface area contributed by atoms with Crippen LogP contribution in [0.1, 0.15) is 117 Å². The molecular formula is C63H97N13O19S. The van der Waals surface area contributed by atoms with Gasteiger partial charge in [0.15, 0.2) is 0 Å². The maximum absolute atomic E-state index is 15.0. The summed E-state index contributed by atoms with van der Waals surface area (Å²) in [6.45, 7) is 8.10. The first-order valence-corrected chi connectivity index (χ1v) is 33.2. The van der Waals surface area contributed by atoms with Gasteiger partial charge in [0.05, 0.1) is 31.3 Å². The molecule has 1 fully saturated rings. The van der Waals surface area contributed by atoms with Gasteiger partial charge in [0, 0.05) is 25.8 Å². The Kier molecular flexibility index (Phi) is 35.1. The van der Waals surface area contributed by atoms with Gasteiger partial charge < -0.3 is 100 Å². The molecule has 2 aromatic carbocycles. The van der Waals surface area contributed by atoms with Crippen molar-refractivity contribution in [2.24, 2.45) is 23.3 Å². The number of unbranched alkanes of at least 4 members (excludes halogenated alkanes) is 1. The van der Waals surface area contributed by atoms with Crippen LogP contribution < -0.4 is 64.6 Å². The van der Waals surface area contributed by atoms with E-state index in [1.54, 1.807) is 34.0 Å². The molecule has 1 aliphatic rings. The van der Waals surface area contributed by atoms with E-state index in [1.165, 1.54) is 72.1 Å². The molecule has 0 spiro atoms. The Labute approximate surface area is 561 Å². The van der Waals surface area contributed by atoms with Crippen LogP contribution in [0.15, 0.2) is 48.5 Å². The molecule has 1 heterocycles. The molecular weight excluding hydrogens is 1270 g/mol. The van der Waals surface area contributed by atoms with E-state index in [-0.39, 0.29) is 94.2 Å². The zero-order chi connectivity index (χ0) is 71.9. The van der Waals surface area contributed by atoms with Crippen molar-refractivity contribution in [3.05, 3.63) is 59.7 Å². The van der Waals surface area contributed by atoms with E-state index < -0.39 is 169 Å². The van der Waals surface area contributed by atoms with Crippen molar-refractivity contribution in [1.29, 1.82) is 0 Å². The van der Waals surface area contributed by atoms with Crippen LogP contribution in [0, 0.1) is 11.8 Å². The maximum Gasteiger partial charge on any atom is 0.326 e. The number of benzene rings is 2. The number of hydrogen-bond acceptors (Lipinski definition) is 20. The molecule has 11 amide bonds. The number of phenols is 2. The number of nitrogens with one attached hydrogen (secondary N) is 10. The van der Waals surface area contributed by atoms with Crippen LogP contribution in [0.25, 0.3) is 0 Å². The first-order valence-electron chi connectivity index (χ1n) is 31.8. The number of thioether (sulfide) groups is 1. The summed E-state index contributed by atoms with van der Waals surface area (Å²) in [6.07, 6.45) is -1.31. The second-order valence-electron chi connectivity index (χ2n) is 24.5. The molecule has 2 aromatic rings. The molecule has 3 rings (SSSR count). The first-order chi connectivity index (χ1) is 45.2. The minimum Gasteiger partial charge on any atom is -0.508 e. The van der Waals surface area contributed by atoms with E-state index in [0.717, 1.165) is 6.92 Å². The van der Waals surface area contributed by atoms with E-state index in [1.807, 2.05) is 0 Å². The van der Waals surface area contributed by atoms with Crippen molar-refractivity contribution >= 4 is 88.7 Å². The lowest BCUT2D eigenvalue weighted by molar-refractivity contribution is -0.143. The molecule has 1 aliphatic heterocycles. The normalized spacial score (nSPS) is 16.3. The molecule has 96 heavy (non-hydrogen) atoms. The summed E-state index contributed by atoms with van der Waals surface area (Å²) in [5.41, 5.74) is 12.4. The maximum atomic E-state index is 15.0. The van der Waals surface area contributed by atoms with Gasteiger partial charge in [0.25, 0.3) is 0 Å². The van der Waals surface area contributed by atoms with Crippen molar-refractivity contribution in [3.8, 4) is 11.5 Å². The molecule has 1 saturated heterocycles. The second-order valence-corrected chi connectivity index (χ2v) is 25.5. The smallest absolute Gasteiger partial charge is 0.326 e. The molecule has 33 heteroatoms. The number of aliphatic hydroxyl groups excluding tert-OH is 2. The quantitative estimate of drug-likeness (QED) is 0.0295. The number of amides is 11. The third-order valence-corrected chi connectivity index (χ3v) is 16.0. The fraction of sp³-hybridized carbons (Fsp3) is 0.603. The Balaban J connectivity index is 1.89. The summed E-state index contributed by atoms with van der Waals surface area (Å²) in [4.78, 5) is 176. The number of carboxylic acids is 2. The number of phenolic OH excluding ortho intramolecular Hbond substituents is 2. The second kappa shape index (κ2) is 41.3. The largest absolute Gasteiger partial charge is 0.508 e. The predicted octanol–water partition coefficient (Wildman–Crippen LogP) is -3.00. The molecule has 0 radical (unpaired) electrons. The van der Waals surface area contributed by atoms with E-state index in [0.29, 0.717) is 29.7 Å². The number of carbonyl (C=O) groups excluding carboxylic acids is 11. The van der Waals surface area contributed by atoms with Gasteiger partial charge in [-0.25, -0.2) is 4.79 Å². The fourth-order valence-corrected chi connectivity index (χ4v) is 10.6. The summed E-state index contributed by atoms with van der Waals surface area (Å²) in [7, 11) is 0. The summed E-state index contributed by atoms with van der Waals surface area (Å²) in [5, 5.41) is 85.2. The summed E-state index contributed by atoms with van der Waals surface area (Å²) >= 11 is 1.37. The van der Waals surface area contributed by atoms with E-state index in [9.17, 15) is 87.9 Å². The number of nitrogens with zero attached hydrogens (tertiary/aromatic N) is 1. The van der Waals surface area contributed by atoms with Crippen LogP contribution in [-0.4, -0.2) is 223 Å². The number of carbonyl (C=O) groups is 13. The van der Waals surface area contributed by atoms with Crippen LogP contribution >= 0.6 is 11.8 Å². The molecule has 0 aromatic heterocycles. The molecule has 20 N–H and O–H groups in total. The third kappa shape index (κ3) is 28.7. The van der Waals surface area contributed by atoms with Gasteiger partial charge >= 0.3 is 11.9 Å². The lowest BCUT2D eigenvalue weighted by Crippen LogP contribution is -2.61. The highest BCUT2D eigenvalue weighted by atomic mass is 32.2. The van der Waals surface area contributed by atoms with Crippen LogP contribution in [0.2, 0.25) is 0 Å². The van der Waals surface area contributed by atoms with Crippen molar-refractivity contribution < 1.29 is 93.0 Å². The Morgan fingerprint density at radius 3 is 1.54 bits per heavy atom. The number of hydrogen-bond donors (Lipinski definition) is 18. The lowest BCUT2D eigenvalue weighted by Gasteiger charge is -2.31. The Hall–Kier alpha value is -8.66. The zero-order valence-corrected chi connectivity index (χ0v) is 56.0. The number of aliphatic carboxylic acids is 2. The zero-order valence-electron chi connectivity index (χ0n) is 55.2. The van der Waals surface area contributed by atoms with E-state index in [2.05, 4.69) is 53.2 Å². The number of aliphatic hydroxyl groups is 2. The summed E-state index contributed by atoms with van der Waals surface area (Å²) in [6, 6.07) is -3.07. The molecule has 32 nitrogen and oxygen atoms in total. The lowest BCUT2D eigenvalue weighted by atomic mass is 10.0. The Morgan fingerprint density at radius 2 is 1.02 bits per heavy atom. The van der Waals surface area contributed by atoms with Gasteiger partial charge in [0.2, 0.25) is 65.0 Å². The monoisotopic (exact) mass is 1370 g/mol. The molecule has 0 unspecified atom stereocenters. The summed E-state index contributed by atoms with van der Waals surface area (Å²) < 4.78 is 0. The Bertz CT molecular complexity index is 2960. The molecule has 0 aliphatic carbocycles. The van der Waals surface area contributed by atoms with Gasteiger partial charge in [0.1, 0.15) is 65.9 Å². The number of aromatic hydroxyl groups is 2. The van der Waals surface area contributed by atoms with Crippen molar-refractivity contribution in [3.63, 3.8) is 0 Å². The van der Waals surface area contributed by atoms with E-state index in [4.69, 9.17) is 16.6 Å². The van der Waals surface area contributed by atoms with Crippen LogP contribution in [0.4, 0.5) is 0 Å². The van der Waals surface area contributed by atoms with Gasteiger partial charge in [-0.2, -0.15) is 11.8 Å². The Morgan fingerprint density at radius 1 is 0.542 bits per heavy atom. The highest BCUT2D eigenvalue weighted by Gasteiger charge is 2.41. The minimum atomic E-state index is -1.81. The molecule has 534 valence electrons. The minimum absolute atomic E-state index is 0.00913. The predicted molar refractivity (Wildman–Crippen MR) is 350 cm³/mol. The molecule has 0 saturated carbocycles. The number of likely N-dealkylation sites (tertiary alicyclic amines) is 1. The SMILES string of the molecule is CSCC[C@H](NC(=O)CNC(=O)[C@@H](NC(=O)[C@H](CC(C)C)NC(=O)[C@@H]1CCCN1C(=O)[C@H](Cc1ccc(O)cc1)NC(=O)[C@H](Cc1ccc(O)cc1)NC(=O)[C@@H](NC(=O)CNC(=O)[C@H](CCCCN)NC(=O)[C@H](CC(C)C)NC(=O)[C@@H](N)CCC(=O)O)[C@@H](C)O)[C@@H](C)O)C(=O)O. The van der Waals surface area contributed by atoms with Crippen LogP contribution in [-0.2, 0) is 75.2 Å². The van der Waals surface area contributed by atoms with Crippen molar-refractivity contribution in [1.82, 2.24) is 58.1 Å². The average Bonchev–Trinajstić information content (AvgIpc) is 1.44. The van der Waals surface area contributed by atoms with Crippen molar-refractivity contribution in [2.75, 3.05) is 38.2 Å². The topological polar surface area (TPSA) is 519 Å². The van der Waals surface area contributed by atoms with E-state index >= 15 is 0 Å². The van der Waals surface area contributed by atoms with Gasteiger partial charge in [-0.05, 0) is 137 Å². The number of rotatable bonds is 42. The fourth-order valence-electron chi connectivity index (χ4n) is 10.2. The van der Waals surface area contributed by atoms with Crippen LogP contribution in [0.3, 0.4) is 0 Å². The summed E-state index contributed by atoms with van der Waals surface area (Å²) in [5.74, 6) is -12.6. The first kappa shape index (κ1) is 81.6. The van der Waals surface area contributed by atoms with Gasteiger partial charge in [-0.3, -0.25) is 57.5 Å². The average molecular weight is 1370 g/mol. The highest BCUT2D eigenvalue weighted by molar-refractivity contribution is 7.98. The van der Waals surface area contributed by atoms with Gasteiger partial charge in [-0.1, -0.05) is 52.0 Å². The molecule has 12 atom stereocenters. The molecule has 0 bridgehead atoms.